The summed E-state index contributed by atoms with van der Waals surface area (Å²) in [4.78, 5) is 12.9. The summed E-state index contributed by atoms with van der Waals surface area (Å²) in [6, 6.07) is 3.93. The van der Waals surface area contributed by atoms with Gasteiger partial charge >= 0.3 is 0 Å². The third-order valence-corrected chi connectivity index (χ3v) is 3.40. The van der Waals surface area contributed by atoms with E-state index in [1.165, 1.54) is 0 Å². The molecule has 1 atom stereocenters. The molecule has 4 N–H and O–H groups in total. The van der Waals surface area contributed by atoms with Gasteiger partial charge in [-0.05, 0) is 25.0 Å². The number of hydrogen-bond donors (Lipinski definition) is 3. The molecule has 0 radical (unpaired) electrons. The summed E-state index contributed by atoms with van der Waals surface area (Å²) in [5.74, 6) is -0.357. The van der Waals surface area contributed by atoms with E-state index < -0.39 is 5.79 Å². The molecule has 1 unspecified atom stereocenters. The lowest BCUT2D eigenvalue weighted by Gasteiger charge is -2.32. The van der Waals surface area contributed by atoms with E-state index in [1.54, 1.807) is 18.7 Å². The summed E-state index contributed by atoms with van der Waals surface area (Å²) in [5.41, 5.74) is 7.13. The first-order valence-corrected chi connectivity index (χ1v) is 6.70. The number of ether oxygens (including phenoxy) is 1. The van der Waals surface area contributed by atoms with Crippen molar-refractivity contribution in [3.05, 3.63) is 30.1 Å². The molecule has 0 aromatic carbocycles. The predicted octanol–water partition coefficient (Wildman–Crippen LogP) is -0.0933. The van der Waals surface area contributed by atoms with Crippen molar-refractivity contribution in [3.8, 4) is 0 Å². The molecule has 0 aliphatic carbocycles. The average molecular weight is 274 g/mol. The standard InChI is InChI=1S/C13H18N6O/c14-13(10-1-5-15-6-2-10)17-9-16-12(19-13)18-11-3-7-20-8-4-11/h1-2,5-6,9,11H,3-4,7-8,14H2,(H2,16,17,18,19). The quantitative estimate of drug-likeness (QED) is 0.700. The Bertz CT molecular complexity index is 511. The molecule has 7 nitrogen and oxygen atoms in total. The van der Waals surface area contributed by atoms with Gasteiger partial charge in [0.2, 0.25) is 5.79 Å². The van der Waals surface area contributed by atoms with Crippen LogP contribution in [0.5, 0.6) is 0 Å². The van der Waals surface area contributed by atoms with Crippen LogP contribution in [-0.4, -0.2) is 36.5 Å². The minimum atomic E-state index is -1.00. The van der Waals surface area contributed by atoms with Gasteiger partial charge in [0.1, 0.15) is 0 Å². The fourth-order valence-electron chi connectivity index (χ4n) is 2.26. The Kier molecular flexibility index (Phi) is 3.62. The van der Waals surface area contributed by atoms with Crippen LogP contribution >= 0.6 is 0 Å². The van der Waals surface area contributed by atoms with Crippen LogP contribution in [0.15, 0.2) is 34.5 Å². The van der Waals surface area contributed by atoms with E-state index >= 15 is 0 Å². The second kappa shape index (κ2) is 5.56. The van der Waals surface area contributed by atoms with Gasteiger partial charge in [-0.2, -0.15) is 0 Å². The fourth-order valence-corrected chi connectivity index (χ4v) is 2.26. The number of nitrogens with zero attached hydrogens (tertiary/aromatic N) is 3. The van der Waals surface area contributed by atoms with Crippen molar-refractivity contribution in [1.82, 2.24) is 15.6 Å². The highest BCUT2D eigenvalue weighted by atomic mass is 16.5. The van der Waals surface area contributed by atoms with Crippen LogP contribution in [0.4, 0.5) is 0 Å². The number of guanidine groups is 1. The molecule has 7 heteroatoms. The number of hydrogen-bond acceptors (Lipinski definition) is 5. The smallest absolute Gasteiger partial charge is 0.213 e. The van der Waals surface area contributed by atoms with E-state index in [1.807, 2.05) is 12.1 Å². The van der Waals surface area contributed by atoms with E-state index in [0.29, 0.717) is 5.96 Å². The molecule has 1 saturated heterocycles. The number of aromatic nitrogens is 1. The molecule has 1 aromatic heterocycles. The molecular weight excluding hydrogens is 256 g/mol. The topological polar surface area (TPSA) is 96.9 Å². The molecule has 106 valence electrons. The Morgan fingerprint density at radius 3 is 2.80 bits per heavy atom. The molecule has 20 heavy (non-hydrogen) atoms. The predicted molar refractivity (Wildman–Crippen MR) is 76.1 cm³/mol. The second-order valence-corrected chi connectivity index (χ2v) is 4.85. The van der Waals surface area contributed by atoms with Gasteiger partial charge < -0.3 is 15.4 Å². The van der Waals surface area contributed by atoms with E-state index in [9.17, 15) is 0 Å². The summed E-state index contributed by atoms with van der Waals surface area (Å²) in [6.07, 6.45) is 6.82. The van der Waals surface area contributed by atoms with E-state index in [-0.39, 0.29) is 6.04 Å². The second-order valence-electron chi connectivity index (χ2n) is 4.85. The number of rotatable bonds is 2. The summed E-state index contributed by atoms with van der Waals surface area (Å²) < 4.78 is 5.33. The van der Waals surface area contributed by atoms with Crippen molar-refractivity contribution >= 4 is 12.3 Å². The maximum atomic E-state index is 6.29. The first-order chi connectivity index (χ1) is 9.76. The van der Waals surface area contributed by atoms with Gasteiger partial charge in [0, 0.05) is 31.2 Å². The molecule has 0 spiro atoms. The van der Waals surface area contributed by atoms with E-state index in [2.05, 4.69) is 25.6 Å². The first-order valence-electron chi connectivity index (χ1n) is 6.70. The van der Waals surface area contributed by atoms with Crippen LogP contribution in [0.3, 0.4) is 0 Å². The third kappa shape index (κ3) is 2.78. The molecule has 0 amide bonds. The Balaban J connectivity index is 1.77. The van der Waals surface area contributed by atoms with Crippen molar-refractivity contribution in [3.63, 3.8) is 0 Å². The van der Waals surface area contributed by atoms with Gasteiger partial charge in [0.15, 0.2) is 5.96 Å². The molecule has 3 heterocycles. The van der Waals surface area contributed by atoms with Crippen LogP contribution in [0.25, 0.3) is 0 Å². The third-order valence-electron chi connectivity index (χ3n) is 3.40. The van der Waals surface area contributed by atoms with Gasteiger partial charge in [-0.3, -0.25) is 10.7 Å². The van der Waals surface area contributed by atoms with Crippen molar-refractivity contribution < 1.29 is 4.74 Å². The molecule has 2 aliphatic rings. The largest absolute Gasteiger partial charge is 0.381 e. The lowest BCUT2D eigenvalue weighted by atomic mass is 10.1. The number of aliphatic imine (C=N–C) groups is 2. The summed E-state index contributed by atoms with van der Waals surface area (Å²) >= 11 is 0. The van der Waals surface area contributed by atoms with Crippen LogP contribution in [0, 0.1) is 0 Å². The molecule has 3 rings (SSSR count). The van der Waals surface area contributed by atoms with E-state index in [0.717, 1.165) is 31.6 Å². The van der Waals surface area contributed by atoms with Gasteiger partial charge in [-0.15, -0.1) is 0 Å². The summed E-state index contributed by atoms with van der Waals surface area (Å²) in [5, 5.41) is 6.15. The highest BCUT2D eigenvalue weighted by Crippen LogP contribution is 2.17. The molecular formula is C13H18N6O. The maximum Gasteiger partial charge on any atom is 0.213 e. The number of nitrogens with two attached hydrogens (primary N) is 1. The van der Waals surface area contributed by atoms with Gasteiger partial charge in [-0.1, -0.05) is 0 Å². The first kappa shape index (κ1) is 13.0. The van der Waals surface area contributed by atoms with Crippen molar-refractivity contribution in [1.29, 1.82) is 0 Å². The van der Waals surface area contributed by atoms with Crippen LogP contribution in [-0.2, 0) is 10.5 Å². The van der Waals surface area contributed by atoms with Gasteiger partial charge in [0.25, 0.3) is 0 Å². The molecule has 0 saturated carbocycles. The minimum absolute atomic E-state index is 0.256. The SMILES string of the molecule is NC1(c2ccncc2)N=CNC(=NC2CCOCC2)N1. The fraction of sp³-hybridized carbons (Fsp3) is 0.462. The lowest BCUT2D eigenvalue weighted by molar-refractivity contribution is 0.0869. The van der Waals surface area contributed by atoms with Crippen LogP contribution in [0.2, 0.25) is 0 Å². The van der Waals surface area contributed by atoms with Gasteiger partial charge in [0.05, 0.1) is 12.4 Å². The number of pyridine rings is 1. The zero-order chi connectivity index (χ0) is 13.8. The Morgan fingerprint density at radius 1 is 1.30 bits per heavy atom. The lowest BCUT2D eigenvalue weighted by Crippen LogP contribution is -2.59. The highest BCUT2D eigenvalue weighted by molar-refractivity contribution is 5.92. The summed E-state index contributed by atoms with van der Waals surface area (Å²) in [6.45, 7) is 1.52. The maximum absolute atomic E-state index is 6.29. The molecule has 0 bridgehead atoms. The Morgan fingerprint density at radius 2 is 2.05 bits per heavy atom. The summed E-state index contributed by atoms with van der Waals surface area (Å²) in [7, 11) is 0. The highest BCUT2D eigenvalue weighted by Gasteiger charge is 2.30. The zero-order valence-corrected chi connectivity index (χ0v) is 11.1. The average Bonchev–Trinajstić information content (AvgIpc) is 2.49. The van der Waals surface area contributed by atoms with E-state index in [4.69, 9.17) is 10.5 Å². The molecule has 1 aromatic rings. The minimum Gasteiger partial charge on any atom is -0.381 e. The monoisotopic (exact) mass is 274 g/mol. The van der Waals surface area contributed by atoms with Crippen LogP contribution < -0.4 is 16.4 Å². The van der Waals surface area contributed by atoms with Crippen LogP contribution in [0.1, 0.15) is 18.4 Å². The van der Waals surface area contributed by atoms with Gasteiger partial charge in [-0.25, -0.2) is 9.98 Å². The number of nitrogens with one attached hydrogen (secondary N) is 2. The molecule has 1 fully saturated rings. The normalized spacial score (nSPS) is 28.9. The zero-order valence-electron chi connectivity index (χ0n) is 11.1. The van der Waals surface area contributed by atoms with Crippen molar-refractivity contribution in [2.75, 3.05) is 13.2 Å². The van der Waals surface area contributed by atoms with Crippen molar-refractivity contribution in [2.45, 2.75) is 24.7 Å². The molecule has 2 aliphatic heterocycles. The van der Waals surface area contributed by atoms with Crippen molar-refractivity contribution in [2.24, 2.45) is 15.7 Å². The Labute approximate surface area is 117 Å². The Hall–Kier alpha value is -1.99.